The molecule has 0 bridgehead atoms. The number of halogens is 1. The van der Waals surface area contributed by atoms with Crippen LogP contribution in [0, 0.1) is 30.1 Å². The van der Waals surface area contributed by atoms with Gasteiger partial charge in [-0.3, -0.25) is 9.78 Å². The highest BCUT2D eigenvalue weighted by Gasteiger charge is 2.66. The molecule has 6 unspecified atom stereocenters. The maximum Gasteiger partial charge on any atom is 0.251 e. The van der Waals surface area contributed by atoms with Crippen molar-refractivity contribution < 1.29 is 15.0 Å². The third kappa shape index (κ3) is 4.68. The van der Waals surface area contributed by atoms with Crippen molar-refractivity contribution >= 4 is 23.2 Å². The minimum Gasteiger partial charge on any atom is -0.393 e. The summed E-state index contributed by atoms with van der Waals surface area (Å²) in [5.41, 5.74) is 0.880. The van der Waals surface area contributed by atoms with Gasteiger partial charge in [0.1, 0.15) is 0 Å². The van der Waals surface area contributed by atoms with Crippen LogP contribution in [0.25, 0.3) is 0 Å². The van der Waals surface area contributed by atoms with Crippen molar-refractivity contribution in [2.24, 2.45) is 23.2 Å². The molecule has 3 saturated carbocycles. The van der Waals surface area contributed by atoms with Gasteiger partial charge in [-0.2, -0.15) is 0 Å². The summed E-state index contributed by atoms with van der Waals surface area (Å²) in [6, 6.07) is 3.69. The van der Waals surface area contributed by atoms with Crippen LogP contribution in [0.3, 0.4) is 0 Å². The molecular weight excluding hydrogens is 462 g/mol. The first-order chi connectivity index (χ1) is 16.6. The van der Waals surface area contributed by atoms with Crippen molar-refractivity contribution in [2.45, 2.75) is 88.2 Å². The Morgan fingerprint density at radius 1 is 1.17 bits per heavy atom. The Balaban J connectivity index is 0.000000917. The zero-order valence-corrected chi connectivity index (χ0v) is 22.4. The monoisotopic (exact) mass is 503 g/mol. The predicted octanol–water partition coefficient (Wildman–Crippen LogP) is 4.58. The summed E-state index contributed by atoms with van der Waals surface area (Å²) in [4.78, 5) is 16.9. The second-order valence-electron chi connectivity index (χ2n) is 11.5. The topological polar surface area (TPSA) is 94.5 Å². The number of allylic oxidation sites excluding steroid dienone is 1. The maximum absolute atomic E-state index is 13.3. The van der Waals surface area contributed by atoms with Gasteiger partial charge in [0.25, 0.3) is 5.91 Å². The van der Waals surface area contributed by atoms with Gasteiger partial charge in [0, 0.05) is 23.1 Å². The molecule has 1 aromatic heterocycles. The standard InChI is InChI=1S/C26H35ClN2O3.C2H7N/c1-16-21(4-3-13-28-16)29-23(31)20-7-8-22-24(20,2)11-12-25(27)15-18-14-19(30)6-5-17(18)9-10-26(22,25)32;1-3-2/h3-4,7,13,17-19,22,30,32H,5-6,8-12,14-15H2,1-2H3,(H,29,31);3H,1-2H3/t17?,18?,19?,22?,24?,25?,26-;/m0./s1. The van der Waals surface area contributed by atoms with Crippen molar-refractivity contribution in [2.75, 3.05) is 19.4 Å². The largest absolute Gasteiger partial charge is 0.393 e. The van der Waals surface area contributed by atoms with Gasteiger partial charge >= 0.3 is 0 Å². The summed E-state index contributed by atoms with van der Waals surface area (Å²) in [6.07, 6.45) is 10.7. The Bertz CT molecular complexity index is 971. The lowest BCUT2D eigenvalue weighted by atomic mass is 9.54. The van der Waals surface area contributed by atoms with E-state index >= 15 is 0 Å². The van der Waals surface area contributed by atoms with Crippen LogP contribution in [0.5, 0.6) is 0 Å². The molecule has 0 saturated heterocycles. The Hall–Kier alpha value is -1.47. The number of aryl methyl sites for hydroxylation is 1. The van der Waals surface area contributed by atoms with Crippen LogP contribution >= 0.6 is 11.6 Å². The molecule has 7 heteroatoms. The van der Waals surface area contributed by atoms with Gasteiger partial charge < -0.3 is 20.8 Å². The number of hydrogen-bond acceptors (Lipinski definition) is 5. The molecule has 4 N–H and O–H groups in total. The smallest absolute Gasteiger partial charge is 0.251 e. The highest BCUT2D eigenvalue weighted by Crippen LogP contribution is 2.65. The highest BCUT2D eigenvalue weighted by atomic mass is 35.5. The summed E-state index contributed by atoms with van der Waals surface area (Å²) < 4.78 is 0. The van der Waals surface area contributed by atoms with Crippen molar-refractivity contribution in [3.8, 4) is 0 Å². The average molecular weight is 504 g/mol. The first-order valence-electron chi connectivity index (χ1n) is 13.2. The van der Waals surface area contributed by atoms with Crippen LogP contribution < -0.4 is 10.6 Å². The van der Waals surface area contributed by atoms with Gasteiger partial charge in [-0.25, -0.2) is 0 Å². The zero-order valence-electron chi connectivity index (χ0n) is 21.6. The van der Waals surface area contributed by atoms with Crippen LogP contribution in [0.15, 0.2) is 30.0 Å². The van der Waals surface area contributed by atoms with Crippen LogP contribution in [0.4, 0.5) is 5.69 Å². The molecule has 3 fully saturated rings. The van der Waals surface area contributed by atoms with E-state index in [1.807, 2.05) is 39.2 Å². The average Bonchev–Trinajstić information content (AvgIpc) is 3.11. The first-order valence-corrected chi connectivity index (χ1v) is 13.6. The Morgan fingerprint density at radius 3 is 2.63 bits per heavy atom. The second kappa shape index (κ2) is 10.1. The first kappa shape index (κ1) is 26.6. The van der Waals surface area contributed by atoms with Crippen LogP contribution in [-0.4, -0.2) is 51.8 Å². The number of fused-ring (bicyclic) bond motifs is 4. The molecule has 0 spiro atoms. The molecule has 0 aromatic carbocycles. The number of amides is 1. The Labute approximate surface area is 214 Å². The molecule has 1 amide bonds. The van der Waals surface area contributed by atoms with E-state index in [0.717, 1.165) is 55.5 Å². The summed E-state index contributed by atoms with van der Waals surface area (Å²) in [5, 5.41) is 28.3. The lowest BCUT2D eigenvalue weighted by molar-refractivity contribution is -0.129. The predicted molar refractivity (Wildman–Crippen MR) is 140 cm³/mol. The van der Waals surface area contributed by atoms with Crippen LogP contribution in [0.1, 0.15) is 70.4 Å². The van der Waals surface area contributed by atoms with E-state index in [-0.39, 0.29) is 17.9 Å². The third-order valence-electron chi connectivity index (χ3n) is 9.43. The van der Waals surface area contributed by atoms with Gasteiger partial charge in [0.15, 0.2) is 0 Å². The minimum absolute atomic E-state index is 0.0675. The number of nitrogens with zero attached hydrogens (tertiary/aromatic N) is 1. The summed E-state index contributed by atoms with van der Waals surface area (Å²) >= 11 is 7.33. The van der Waals surface area contributed by atoms with E-state index in [0.29, 0.717) is 31.1 Å². The van der Waals surface area contributed by atoms with Gasteiger partial charge in [-0.15, -0.1) is 11.6 Å². The fraction of sp³-hybridized carbons (Fsp3) is 0.714. The molecule has 0 aliphatic heterocycles. The number of carbonyl (C=O) groups excluding carboxylic acids is 1. The molecule has 35 heavy (non-hydrogen) atoms. The Kier molecular flexibility index (Phi) is 7.69. The lowest BCUT2D eigenvalue weighted by Gasteiger charge is -2.57. The Morgan fingerprint density at radius 2 is 1.91 bits per heavy atom. The fourth-order valence-electron chi connectivity index (χ4n) is 7.52. The third-order valence-corrected chi connectivity index (χ3v) is 10.1. The van der Waals surface area contributed by atoms with E-state index in [9.17, 15) is 15.0 Å². The number of alkyl halides is 1. The lowest BCUT2D eigenvalue weighted by Crippen LogP contribution is -2.62. The molecule has 4 aliphatic carbocycles. The summed E-state index contributed by atoms with van der Waals surface area (Å²) in [5.74, 6) is 0.741. The van der Waals surface area contributed by atoms with Gasteiger partial charge in [0.05, 0.1) is 28.0 Å². The maximum atomic E-state index is 13.3. The molecule has 4 aliphatic rings. The summed E-state index contributed by atoms with van der Waals surface area (Å²) in [6.45, 7) is 4.03. The minimum atomic E-state index is -1.01. The quantitative estimate of drug-likeness (QED) is 0.443. The number of rotatable bonds is 2. The molecule has 194 valence electrons. The fourth-order valence-corrected chi connectivity index (χ4v) is 8.04. The van der Waals surface area contributed by atoms with Crippen molar-refractivity contribution in [1.82, 2.24) is 10.3 Å². The van der Waals surface area contributed by atoms with E-state index in [4.69, 9.17) is 11.6 Å². The van der Waals surface area contributed by atoms with Gasteiger partial charge in [-0.1, -0.05) is 13.0 Å². The summed E-state index contributed by atoms with van der Waals surface area (Å²) in [7, 11) is 3.75. The van der Waals surface area contributed by atoms with Crippen molar-refractivity contribution in [1.29, 1.82) is 0 Å². The number of nitrogens with one attached hydrogen (secondary N) is 2. The highest BCUT2D eigenvalue weighted by molar-refractivity contribution is 6.25. The molecule has 1 aromatic rings. The van der Waals surface area contributed by atoms with Crippen LogP contribution in [-0.2, 0) is 4.79 Å². The van der Waals surface area contributed by atoms with Gasteiger partial charge in [0.2, 0.25) is 0 Å². The number of aliphatic hydroxyl groups excluding tert-OH is 1. The van der Waals surface area contributed by atoms with E-state index in [1.54, 1.807) is 6.20 Å². The van der Waals surface area contributed by atoms with Crippen molar-refractivity contribution in [3.63, 3.8) is 0 Å². The second-order valence-corrected chi connectivity index (χ2v) is 12.3. The number of aliphatic hydroxyl groups is 2. The molecule has 7 atom stereocenters. The molecule has 0 radical (unpaired) electrons. The number of anilines is 1. The van der Waals surface area contributed by atoms with E-state index in [2.05, 4.69) is 22.5 Å². The molecule has 5 rings (SSSR count). The van der Waals surface area contributed by atoms with Gasteiger partial charge in [-0.05, 0) is 103 Å². The number of hydrogen-bond donors (Lipinski definition) is 4. The zero-order chi connectivity index (χ0) is 25.4. The molecule has 1 heterocycles. The normalized spacial score (nSPS) is 40.1. The molecular formula is C28H42ClN3O3. The van der Waals surface area contributed by atoms with Crippen LogP contribution in [0.2, 0.25) is 0 Å². The van der Waals surface area contributed by atoms with Crippen molar-refractivity contribution in [3.05, 3.63) is 35.7 Å². The SMILES string of the molecule is CNC.Cc1ncccc1NC(=O)C1=CCC2C1(C)CCC1(Cl)CC3CC(O)CCC3CC[C@]21O. The molecule has 6 nitrogen and oxygen atoms in total. The van der Waals surface area contributed by atoms with E-state index < -0.39 is 15.9 Å². The van der Waals surface area contributed by atoms with E-state index in [1.165, 1.54) is 0 Å². The number of carbonyl (C=O) groups is 1. The number of pyridine rings is 1. The number of aromatic nitrogens is 1.